The Morgan fingerprint density at radius 1 is 1.11 bits per heavy atom. The van der Waals surface area contributed by atoms with E-state index in [0.717, 1.165) is 24.7 Å². The summed E-state index contributed by atoms with van der Waals surface area (Å²) in [7, 11) is 0. The second-order valence-corrected chi connectivity index (χ2v) is 6.86. The van der Waals surface area contributed by atoms with E-state index in [0.29, 0.717) is 25.4 Å². The number of anilines is 2. The van der Waals surface area contributed by atoms with Crippen molar-refractivity contribution in [3.63, 3.8) is 0 Å². The van der Waals surface area contributed by atoms with Crippen LogP contribution in [0.4, 0.5) is 11.6 Å². The van der Waals surface area contributed by atoms with Gasteiger partial charge in [0.05, 0.1) is 6.26 Å². The highest BCUT2D eigenvalue weighted by atomic mass is 16.3. The second-order valence-electron chi connectivity index (χ2n) is 6.86. The summed E-state index contributed by atoms with van der Waals surface area (Å²) in [5.74, 6) is 1.98. The van der Waals surface area contributed by atoms with Crippen LogP contribution in [0.3, 0.4) is 0 Å². The third-order valence-corrected chi connectivity index (χ3v) is 4.83. The molecule has 4 rings (SSSR count). The highest BCUT2D eigenvalue weighted by Crippen LogP contribution is 2.18. The molecule has 2 aromatic heterocycles. The van der Waals surface area contributed by atoms with Crippen LogP contribution in [0.5, 0.6) is 0 Å². The Morgan fingerprint density at radius 3 is 2.71 bits per heavy atom. The third kappa shape index (κ3) is 4.14. The first-order valence-corrected chi connectivity index (χ1v) is 9.38. The zero-order valence-electron chi connectivity index (χ0n) is 15.8. The molecule has 1 fully saturated rings. The van der Waals surface area contributed by atoms with Crippen molar-refractivity contribution in [1.29, 1.82) is 0 Å². The average Bonchev–Trinajstić information content (AvgIpc) is 3.27. The van der Waals surface area contributed by atoms with Gasteiger partial charge in [-0.1, -0.05) is 29.8 Å². The van der Waals surface area contributed by atoms with Crippen molar-refractivity contribution in [3.05, 3.63) is 71.9 Å². The van der Waals surface area contributed by atoms with Crippen LogP contribution in [-0.2, 0) is 6.54 Å². The average molecular weight is 377 g/mol. The molecule has 7 nitrogen and oxygen atoms in total. The number of hydrogen-bond donors (Lipinski definition) is 1. The molecule has 7 heteroatoms. The molecule has 1 aliphatic heterocycles. The summed E-state index contributed by atoms with van der Waals surface area (Å²) in [5.41, 5.74) is 2.45. The Hall–Kier alpha value is -3.35. The van der Waals surface area contributed by atoms with Gasteiger partial charge < -0.3 is 19.5 Å². The Labute approximate surface area is 164 Å². The predicted molar refractivity (Wildman–Crippen MR) is 107 cm³/mol. The molecule has 0 aliphatic carbocycles. The highest BCUT2D eigenvalue weighted by molar-refractivity contribution is 5.91. The van der Waals surface area contributed by atoms with Crippen molar-refractivity contribution < 1.29 is 9.21 Å². The molecule has 3 heterocycles. The number of benzene rings is 1. The van der Waals surface area contributed by atoms with Crippen LogP contribution >= 0.6 is 0 Å². The Kier molecular flexibility index (Phi) is 5.23. The smallest absolute Gasteiger partial charge is 0.289 e. The predicted octanol–water partition coefficient (Wildman–Crippen LogP) is 2.95. The summed E-state index contributed by atoms with van der Waals surface area (Å²) in [4.78, 5) is 25.1. The number of furan rings is 1. The molecule has 144 valence electrons. The van der Waals surface area contributed by atoms with Gasteiger partial charge >= 0.3 is 0 Å². The Bertz CT molecular complexity index is 933. The number of nitrogens with one attached hydrogen (secondary N) is 1. The maximum atomic E-state index is 12.4. The van der Waals surface area contributed by atoms with Gasteiger partial charge in [-0.05, 0) is 24.6 Å². The first-order valence-electron chi connectivity index (χ1n) is 9.38. The SMILES string of the molecule is Cc1cccc(CNc2cc(N3CCN(C(=O)c4ccco4)CC3)ncn2)c1. The minimum absolute atomic E-state index is 0.0622. The van der Waals surface area contributed by atoms with E-state index in [4.69, 9.17) is 4.42 Å². The summed E-state index contributed by atoms with van der Waals surface area (Å²) in [6, 6.07) is 13.8. The van der Waals surface area contributed by atoms with Gasteiger partial charge in [0.25, 0.3) is 5.91 Å². The lowest BCUT2D eigenvalue weighted by atomic mass is 10.1. The highest BCUT2D eigenvalue weighted by Gasteiger charge is 2.24. The normalized spacial score (nSPS) is 14.2. The molecule has 3 aromatic rings. The largest absolute Gasteiger partial charge is 0.459 e. The number of amides is 1. The van der Waals surface area contributed by atoms with Crippen LogP contribution in [0, 0.1) is 6.92 Å². The second kappa shape index (κ2) is 8.12. The zero-order valence-corrected chi connectivity index (χ0v) is 15.8. The fraction of sp³-hybridized carbons (Fsp3) is 0.286. The maximum absolute atomic E-state index is 12.4. The van der Waals surface area contributed by atoms with Gasteiger partial charge in [0.1, 0.15) is 18.0 Å². The standard InChI is InChI=1S/C21H23N5O2/c1-16-4-2-5-17(12-16)14-22-19-13-20(24-15-23-19)25-7-9-26(10-8-25)21(27)18-6-3-11-28-18/h2-6,11-13,15H,7-10,14H2,1H3,(H,22,23,24). The number of nitrogens with zero attached hydrogens (tertiary/aromatic N) is 4. The Morgan fingerprint density at radius 2 is 1.96 bits per heavy atom. The minimum atomic E-state index is -0.0622. The number of carbonyl (C=O) groups is 1. The first-order chi connectivity index (χ1) is 13.7. The molecular formula is C21H23N5O2. The van der Waals surface area contributed by atoms with E-state index in [1.165, 1.54) is 17.4 Å². The molecule has 1 aliphatic rings. The van der Waals surface area contributed by atoms with Crippen molar-refractivity contribution in [3.8, 4) is 0 Å². The van der Waals surface area contributed by atoms with Crippen LogP contribution in [0.25, 0.3) is 0 Å². The maximum Gasteiger partial charge on any atom is 0.289 e. The Balaban J connectivity index is 1.35. The van der Waals surface area contributed by atoms with Crippen LogP contribution < -0.4 is 10.2 Å². The lowest BCUT2D eigenvalue weighted by Gasteiger charge is -2.35. The molecule has 0 saturated carbocycles. The molecule has 0 bridgehead atoms. The van der Waals surface area contributed by atoms with Crippen molar-refractivity contribution in [2.45, 2.75) is 13.5 Å². The molecule has 1 amide bonds. The van der Waals surface area contributed by atoms with E-state index in [2.05, 4.69) is 51.4 Å². The van der Waals surface area contributed by atoms with Gasteiger partial charge in [-0.15, -0.1) is 0 Å². The summed E-state index contributed by atoms with van der Waals surface area (Å²) in [6.45, 7) is 5.51. The molecule has 1 saturated heterocycles. The zero-order chi connectivity index (χ0) is 19.3. The molecule has 0 unspecified atom stereocenters. The van der Waals surface area contributed by atoms with Gasteiger partial charge in [0, 0.05) is 38.8 Å². The van der Waals surface area contributed by atoms with Gasteiger partial charge in [0.2, 0.25) is 0 Å². The molecule has 1 N–H and O–H groups in total. The lowest BCUT2D eigenvalue weighted by Crippen LogP contribution is -2.49. The van der Waals surface area contributed by atoms with E-state index >= 15 is 0 Å². The summed E-state index contributed by atoms with van der Waals surface area (Å²) in [5, 5.41) is 3.36. The molecule has 0 radical (unpaired) electrons. The van der Waals surface area contributed by atoms with Gasteiger partial charge in [-0.2, -0.15) is 0 Å². The third-order valence-electron chi connectivity index (χ3n) is 4.83. The van der Waals surface area contributed by atoms with Crippen molar-refractivity contribution in [2.75, 3.05) is 36.4 Å². The van der Waals surface area contributed by atoms with Gasteiger partial charge in [-0.3, -0.25) is 4.79 Å². The van der Waals surface area contributed by atoms with E-state index < -0.39 is 0 Å². The van der Waals surface area contributed by atoms with Crippen LogP contribution in [-0.4, -0.2) is 47.0 Å². The molecule has 0 spiro atoms. The van der Waals surface area contributed by atoms with Crippen molar-refractivity contribution in [1.82, 2.24) is 14.9 Å². The molecular weight excluding hydrogens is 354 g/mol. The number of aromatic nitrogens is 2. The van der Waals surface area contributed by atoms with E-state index in [1.807, 2.05) is 11.0 Å². The summed E-state index contributed by atoms with van der Waals surface area (Å²) in [6.07, 6.45) is 3.10. The van der Waals surface area contributed by atoms with Crippen LogP contribution in [0.2, 0.25) is 0 Å². The van der Waals surface area contributed by atoms with E-state index in [9.17, 15) is 4.79 Å². The fourth-order valence-electron chi connectivity index (χ4n) is 3.33. The van der Waals surface area contributed by atoms with Gasteiger partial charge in [-0.25, -0.2) is 9.97 Å². The van der Waals surface area contributed by atoms with E-state index in [1.54, 1.807) is 18.5 Å². The lowest BCUT2D eigenvalue weighted by molar-refractivity contribution is 0.0714. The van der Waals surface area contributed by atoms with Crippen molar-refractivity contribution in [2.24, 2.45) is 0 Å². The minimum Gasteiger partial charge on any atom is -0.459 e. The van der Waals surface area contributed by atoms with E-state index in [-0.39, 0.29) is 5.91 Å². The number of piperazine rings is 1. The number of rotatable bonds is 5. The van der Waals surface area contributed by atoms with Crippen LogP contribution in [0.1, 0.15) is 21.7 Å². The van der Waals surface area contributed by atoms with Crippen molar-refractivity contribution >= 4 is 17.5 Å². The number of carbonyl (C=O) groups excluding carboxylic acids is 1. The first kappa shape index (κ1) is 18.0. The summed E-state index contributed by atoms with van der Waals surface area (Å²) < 4.78 is 5.21. The monoisotopic (exact) mass is 377 g/mol. The number of hydrogen-bond acceptors (Lipinski definition) is 6. The quantitative estimate of drug-likeness (QED) is 0.737. The van der Waals surface area contributed by atoms with Crippen LogP contribution in [0.15, 0.2) is 59.5 Å². The molecule has 28 heavy (non-hydrogen) atoms. The summed E-state index contributed by atoms with van der Waals surface area (Å²) >= 11 is 0. The van der Waals surface area contributed by atoms with Gasteiger partial charge in [0.15, 0.2) is 5.76 Å². The molecule has 0 atom stereocenters. The fourth-order valence-corrected chi connectivity index (χ4v) is 3.33. The molecule has 1 aromatic carbocycles. The number of aryl methyl sites for hydroxylation is 1. The topological polar surface area (TPSA) is 74.5 Å².